The van der Waals surface area contributed by atoms with Crippen molar-refractivity contribution in [2.45, 2.75) is 38.3 Å². The minimum atomic E-state index is -0.784. The maximum Gasteiger partial charge on any atom is 0.325 e. The molecule has 0 spiro atoms. The molecule has 1 heterocycles. The Morgan fingerprint density at radius 3 is 2.67 bits per heavy atom. The molecule has 4 rings (SSSR count). The normalized spacial score (nSPS) is 15.2. The number of hydrogen-bond donors (Lipinski definition) is 2. The second kappa shape index (κ2) is 8.93. The number of ketones is 1. The average Bonchev–Trinajstić information content (AvgIpc) is 3.10. The Labute approximate surface area is 200 Å². The summed E-state index contributed by atoms with van der Waals surface area (Å²) in [6.07, 6.45) is -0.560. The SMILES string of the molecule is COC(=O)Cn1c2c(c3ccc(Br)cc31)C(=O)c1ccc(OC[C@@H](O)CCO)cc1C2(C)C. The smallest absolute Gasteiger partial charge is 0.325 e. The maximum atomic E-state index is 13.7. The molecule has 7 nitrogen and oxygen atoms in total. The number of aromatic nitrogens is 1. The molecular formula is C25H26BrNO6. The number of carbonyl (C=O) groups is 2. The highest BCUT2D eigenvalue weighted by molar-refractivity contribution is 9.10. The number of ether oxygens (including phenoxy) is 2. The molecule has 1 aromatic heterocycles. The molecule has 8 heteroatoms. The summed E-state index contributed by atoms with van der Waals surface area (Å²) in [5.41, 5.74) is 2.85. The summed E-state index contributed by atoms with van der Waals surface area (Å²) in [7, 11) is 1.34. The molecule has 2 N–H and O–H groups in total. The van der Waals surface area contributed by atoms with Crippen LogP contribution in [0.25, 0.3) is 10.9 Å². The predicted octanol–water partition coefficient (Wildman–Crippen LogP) is 3.57. The van der Waals surface area contributed by atoms with Crippen LogP contribution < -0.4 is 4.74 Å². The van der Waals surface area contributed by atoms with Gasteiger partial charge in [-0.1, -0.05) is 35.8 Å². The topological polar surface area (TPSA) is 98.0 Å². The van der Waals surface area contributed by atoms with Gasteiger partial charge >= 0.3 is 5.97 Å². The first-order chi connectivity index (χ1) is 15.7. The van der Waals surface area contributed by atoms with E-state index >= 15 is 0 Å². The number of halogens is 1. The Morgan fingerprint density at radius 2 is 1.97 bits per heavy atom. The number of carbonyl (C=O) groups excluding carboxylic acids is 2. The first kappa shape index (κ1) is 23.5. The van der Waals surface area contributed by atoms with Crippen LogP contribution in [0.1, 0.15) is 47.4 Å². The van der Waals surface area contributed by atoms with Crippen LogP contribution in [0, 0.1) is 0 Å². The minimum absolute atomic E-state index is 0.0195. The summed E-state index contributed by atoms with van der Waals surface area (Å²) in [5.74, 6) is 0.00856. The van der Waals surface area contributed by atoms with E-state index in [0.717, 1.165) is 26.6 Å². The molecule has 0 saturated carbocycles. The molecular weight excluding hydrogens is 490 g/mol. The van der Waals surface area contributed by atoms with Crippen LogP contribution in [0.15, 0.2) is 40.9 Å². The summed E-state index contributed by atoms with van der Waals surface area (Å²) in [6, 6.07) is 11.0. The maximum absolute atomic E-state index is 13.7. The zero-order valence-electron chi connectivity index (χ0n) is 18.7. The van der Waals surface area contributed by atoms with Gasteiger partial charge in [0.1, 0.15) is 18.9 Å². The number of aliphatic hydroxyl groups excluding tert-OH is 2. The zero-order valence-corrected chi connectivity index (χ0v) is 20.3. The second-order valence-corrected chi connectivity index (χ2v) is 9.60. The van der Waals surface area contributed by atoms with Crippen molar-refractivity contribution in [3.63, 3.8) is 0 Å². The first-order valence-electron chi connectivity index (χ1n) is 10.7. The summed E-state index contributed by atoms with van der Waals surface area (Å²) in [4.78, 5) is 26.0. The van der Waals surface area contributed by atoms with E-state index in [1.807, 2.05) is 42.7 Å². The van der Waals surface area contributed by atoms with Crippen LogP contribution in [0.5, 0.6) is 5.75 Å². The van der Waals surface area contributed by atoms with Gasteiger partial charge < -0.3 is 24.3 Å². The minimum Gasteiger partial charge on any atom is -0.491 e. The molecule has 0 bridgehead atoms. The van der Waals surface area contributed by atoms with Gasteiger partial charge in [-0.3, -0.25) is 9.59 Å². The van der Waals surface area contributed by atoms with E-state index < -0.39 is 17.5 Å². The molecule has 1 aliphatic rings. The summed E-state index contributed by atoms with van der Waals surface area (Å²) >= 11 is 3.50. The summed E-state index contributed by atoms with van der Waals surface area (Å²) in [6.45, 7) is 3.93. The Bertz CT molecular complexity index is 1250. The van der Waals surface area contributed by atoms with Crippen LogP contribution in [-0.2, 0) is 21.5 Å². The lowest BCUT2D eigenvalue weighted by molar-refractivity contribution is -0.141. The number of nitrogens with zero attached hydrogens (tertiary/aromatic N) is 1. The van der Waals surface area contributed by atoms with E-state index in [9.17, 15) is 14.7 Å². The Morgan fingerprint density at radius 1 is 1.21 bits per heavy atom. The van der Waals surface area contributed by atoms with E-state index in [0.29, 0.717) is 16.9 Å². The number of methoxy groups -OCH3 is 1. The Balaban J connectivity index is 1.87. The lowest BCUT2D eigenvalue weighted by Gasteiger charge is -2.34. The molecule has 0 unspecified atom stereocenters. The van der Waals surface area contributed by atoms with Crippen molar-refractivity contribution in [3.05, 3.63) is 63.3 Å². The number of benzene rings is 2. The van der Waals surface area contributed by atoms with Crippen molar-refractivity contribution in [1.29, 1.82) is 0 Å². The highest BCUT2D eigenvalue weighted by atomic mass is 79.9. The van der Waals surface area contributed by atoms with Crippen molar-refractivity contribution >= 4 is 38.6 Å². The van der Waals surface area contributed by atoms with E-state index in [2.05, 4.69) is 15.9 Å². The zero-order chi connectivity index (χ0) is 23.9. The van der Waals surface area contributed by atoms with Crippen molar-refractivity contribution in [2.24, 2.45) is 0 Å². The van der Waals surface area contributed by atoms with Gasteiger partial charge in [0.05, 0.1) is 24.3 Å². The third kappa shape index (κ3) is 4.07. The fourth-order valence-corrected chi connectivity index (χ4v) is 4.92. The predicted molar refractivity (Wildman–Crippen MR) is 127 cm³/mol. The average molecular weight is 516 g/mol. The molecule has 33 heavy (non-hydrogen) atoms. The lowest BCUT2D eigenvalue weighted by Crippen LogP contribution is -2.33. The van der Waals surface area contributed by atoms with Crippen LogP contribution in [0.4, 0.5) is 0 Å². The number of aliphatic hydroxyl groups is 2. The third-order valence-corrected chi connectivity index (χ3v) is 6.67. The number of hydrogen-bond acceptors (Lipinski definition) is 6. The van der Waals surface area contributed by atoms with Gasteiger partial charge in [0, 0.05) is 33.1 Å². The van der Waals surface area contributed by atoms with E-state index in [4.69, 9.17) is 14.6 Å². The molecule has 0 aliphatic heterocycles. The van der Waals surface area contributed by atoms with Crippen LogP contribution in [0.3, 0.4) is 0 Å². The van der Waals surface area contributed by atoms with E-state index in [1.165, 1.54) is 7.11 Å². The molecule has 0 fully saturated rings. The van der Waals surface area contributed by atoms with Gasteiger partial charge in [-0.15, -0.1) is 0 Å². The quantitative estimate of drug-likeness (QED) is 0.466. The molecule has 0 saturated heterocycles. The molecule has 1 atom stereocenters. The molecule has 174 valence electrons. The molecule has 0 radical (unpaired) electrons. The van der Waals surface area contributed by atoms with Crippen LogP contribution in [-0.4, -0.2) is 53.0 Å². The lowest BCUT2D eigenvalue weighted by atomic mass is 9.71. The highest BCUT2D eigenvalue weighted by Gasteiger charge is 2.42. The number of rotatable bonds is 7. The van der Waals surface area contributed by atoms with Crippen molar-refractivity contribution in [1.82, 2.24) is 4.57 Å². The van der Waals surface area contributed by atoms with Gasteiger partial charge in [0.15, 0.2) is 5.78 Å². The standard InChI is InChI=1S/C25H26BrNO6/c1-25(2)19-11-16(33-13-15(29)8-9-28)5-7-17(19)23(31)22-18-6-4-14(26)10-20(18)27(24(22)25)12-21(30)32-3/h4-7,10-11,15,28-29H,8-9,12-13H2,1-3H3/t15-/m0/s1. The molecule has 3 aromatic rings. The van der Waals surface area contributed by atoms with E-state index in [1.54, 1.807) is 12.1 Å². The molecule has 1 aliphatic carbocycles. The number of esters is 1. The highest BCUT2D eigenvalue weighted by Crippen LogP contribution is 2.46. The summed E-state index contributed by atoms with van der Waals surface area (Å²) < 4.78 is 13.4. The monoisotopic (exact) mass is 515 g/mol. The van der Waals surface area contributed by atoms with Gasteiger partial charge in [-0.2, -0.15) is 0 Å². The van der Waals surface area contributed by atoms with Crippen molar-refractivity contribution in [3.8, 4) is 5.75 Å². The summed E-state index contributed by atoms with van der Waals surface area (Å²) in [5, 5.41) is 19.6. The number of fused-ring (bicyclic) bond motifs is 4. The van der Waals surface area contributed by atoms with Crippen LogP contribution >= 0.6 is 15.9 Å². The fourth-order valence-electron chi connectivity index (χ4n) is 4.58. The largest absolute Gasteiger partial charge is 0.491 e. The van der Waals surface area contributed by atoms with Gasteiger partial charge in [0.2, 0.25) is 0 Å². The van der Waals surface area contributed by atoms with Gasteiger partial charge in [0.25, 0.3) is 0 Å². The molecule has 2 aromatic carbocycles. The molecule has 0 amide bonds. The van der Waals surface area contributed by atoms with Gasteiger partial charge in [-0.25, -0.2) is 0 Å². The third-order valence-electron chi connectivity index (χ3n) is 6.17. The second-order valence-electron chi connectivity index (χ2n) is 8.69. The van der Waals surface area contributed by atoms with Crippen molar-refractivity contribution in [2.75, 3.05) is 20.3 Å². The fraction of sp³-hybridized carbons (Fsp3) is 0.360. The van der Waals surface area contributed by atoms with Crippen molar-refractivity contribution < 1.29 is 29.3 Å². The first-order valence-corrected chi connectivity index (χ1v) is 11.5. The Hall–Kier alpha value is -2.68. The Kier molecular flexibility index (Phi) is 6.35. The van der Waals surface area contributed by atoms with Crippen LogP contribution in [0.2, 0.25) is 0 Å². The van der Waals surface area contributed by atoms with Gasteiger partial charge in [-0.05, 0) is 42.3 Å². The van der Waals surface area contributed by atoms with E-state index in [-0.39, 0.29) is 32.0 Å².